The number of nitrogens with zero attached hydrogens (tertiary/aromatic N) is 2. The van der Waals surface area contributed by atoms with Crippen molar-refractivity contribution in [2.75, 3.05) is 0 Å². The molecule has 0 aliphatic rings. The molecule has 1 N–H and O–H groups in total. The van der Waals surface area contributed by atoms with Gasteiger partial charge in [-0.05, 0) is 6.42 Å². The number of hydrogen-bond acceptors (Lipinski definition) is 3. The van der Waals surface area contributed by atoms with Crippen LogP contribution in [0.15, 0.2) is 12.4 Å². The Morgan fingerprint density at radius 3 is 2.45 bits per heavy atom. The third-order valence-electron chi connectivity index (χ3n) is 1.41. The van der Waals surface area contributed by atoms with E-state index in [2.05, 4.69) is 16.9 Å². The van der Waals surface area contributed by atoms with Crippen molar-refractivity contribution in [1.29, 1.82) is 0 Å². The Labute approximate surface area is 66.1 Å². The summed E-state index contributed by atoms with van der Waals surface area (Å²) in [4.78, 5) is 8.14. The zero-order chi connectivity index (χ0) is 8.10. The van der Waals surface area contributed by atoms with Crippen molar-refractivity contribution >= 4 is 0 Å². The molecule has 0 spiro atoms. The van der Waals surface area contributed by atoms with Gasteiger partial charge in [0.05, 0.1) is 6.61 Å². The van der Waals surface area contributed by atoms with Crippen molar-refractivity contribution in [2.24, 2.45) is 0 Å². The molecule has 0 aliphatic carbocycles. The summed E-state index contributed by atoms with van der Waals surface area (Å²) in [6.45, 7) is 2.11. The Morgan fingerprint density at radius 2 is 2.00 bits per heavy atom. The van der Waals surface area contributed by atoms with Gasteiger partial charge in [0.25, 0.3) is 0 Å². The van der Waals surface area contributed by atoms with E-state index in [0.717, 1.165) is 24.2 Å². The van der Waals surface area contributed by atoms with Gasteiger partial charge in [-0.2, -0.15) is 0 Å². The fraction of sp³-hybridized carbons (Fsp3) is 0.500. The van der Waals surface area contributed by atoms with Crippen LogP contribution >= 0.6 is 0 Å². The van der Waals surface area contributed by atoms with Gasteiger partial charge in [-0.25, -0.2) is 9.97 Å². The van der Waals surface area contributed by atoms with Crippen molar-refractivity contribution in [3.8, 4) is 0 Å². The third-order valence-corrected chi connectivity index (χ3v) is 1.41. The molecular formula is C8H12N2O. The molecular weight excluding hydrogens is 140 g/mol. The van der Waals surface area contributed by atoms with E-state index in [1.165, 1.54) is 0 Å². The van der Waals surface area contributed by atoms with Crippen molar-refractivity contribution in [3.63, 3.8) is 0 Å². The van der Waals surface area contributed by atoms with Crippen LogP contribution in [-0.2, 0) is 13.0 Å². The van der Waals surface area contributed by atoms with Gasteiger partial charge in [0.2, 0.25) is 0 Å². The maximum absolute atomic E-state index is 8.68. The number of aryl methyl sites for hydroxylation is 1. The van der Waals surface area contributed by atoms with Crippen LogP contribution in [0.3, 0.4) is 0 Å². The van der Waals surface area contributed by atoms with Gasteiger partial charge in [-0.3, -0.25) is 0 Å². The molecule has 0 aromatic carbocycles. The molecule has 0 fully saturated rings. The molecule has 1 aromatic heterocycles. The standard InChI is InChI=1S/C8H12N2O/c1-2-3-8-9-4-7(6-11)5-10-8/h4-5,11H,2-3,6H2,1H3. The predicted octanol–water partition coefficient (Wildman–Crippen LogP) is 0.921. The summed E-state index contributed by atoms with van der Waals surface area (Å²) >= 11 is 0. The first-order valence-corrected chi connectivity index (χ1v) is 3.77. The lowest BCUT2D eigenvalue weighted by Crippen LogP contribution is -1.95. The Hall–Kier alpha value is -0.960. The van der Waals surface area contributed by atoms with E-state index in [1.54, 1.807) is 12.4 Å². The maximum atomic E-state index is 8.68. The highest BCUT2D eigenvalue weighted by Crippen LogP contribution is 1.97. The number of hydrogen-bond donors (Lipinski definition) is 1. The quantitative estimate of drug-likeness (QED) is 0.700. The Kier molecular flexibility index (Phi) is 2.98. The van der Waals surface area contributed by atoms with E-state index < -0.39 is 0 Å². The van der Waals surface area contributed by atoms with Crippen molar-refractivity contribution in [1.82, 2.24) is 9.97 Å². The molecule has 1 heterocycles. The molecule has 11 heavy (non-hydrogen) atoms. The lowest BCUT2D eigenvalue weighted by atomic mass is 10.3. The summed E-state index contributed by atoms with van der Waals surface area (Å²) in [5, 5.41) is 8.68. The first kappa shape index (κ1) is 8.14. The van der Waals surface area contributed by atoms with Crippen LogP contribution in [0.25, 0.3) is 0 Å². The van der Waals surface area contributed by atoms with Crippen LogP contribution in [0.1, 0.15) is 24.7 Å². The Bertz CT molecular complexity index is 208. The summed E-state index contributed by atoms with van der Waals surface area (Å²) in [5.74, 6) is 0.852. The minimum Gasteiger partial charge on any atom is -0.392 e. The van der Waals surface area contributed by atoms with E-state index in [1.807, 2.05) is 0 Å². The molecule has 1 aromatic rings. The van der Waals surface area contributed by atoms with Gasteiger partial charge < -0.3 is 5.11 Å². The number of aliphatic hydroxyl groups is 1. The van der Waals surface area contributed by atoms with Crippen molar-refractivity contribution in [3.05, 3.63) is 23.8 Å². The topological polar surface area (TPSA) is 46.0 Å². The summed E-state index contributed by atoms with van der Waals surface area (Å²) in [6.07, 6.45) is 5.29. The van der Waals surface area contributed by atoms with E-state index >= 15 is 0 Å². The maximum Gasteiger partial charge on any atom is 0.128 e. The monoisotopic (exact) mass is 152 g/mol. The summed E-state index contributed by atoms with van der Waals surface area (Å²) in [5.41, 5.74) is 0.768. The largest absolute Gasteiger partial charge is 0.392 e. The number of aromatic nitrogens is 2. The van der Waals surface area contributed by atoms with Crippen molar-refractivity contribution in [2.45, 2.75) is 26.4 Å². The van der Waals surface area contributed by atoms with Gasteiger partial charge in [-0.15, -0.1) is 0 Å². The fourth-order valence-corrected chi connectivity index (χ4v) is 0.816. The summed E-state index contributed by atoms with van der Waals surface area (Å²) in [7, 11) is 0. The molecule has 0 saturated carbocycles. The van der Waals surface area contributed by atoms with E-state index in [0.29, 0.717) is 0 Å². The van der Waals surface area contributed by atoms with Gasteiger partial charge in [0.1, 0.15) is 5.82 Å². The molecule has 0 amide bonds. The smallest absolute Gasteiger partial charge is 0.128 e. The lowest BCUT2D eigenvalue weighted by Gasteiger charge is -1.97. The molecule has 0 radical (unpaired) electrons. The highest BCUT2D eigenvalue weighted by molar-refractivity contribution is 5.03. The molecule has 0 atom stereocenters. The lowest BCUT2D eigenvalue weighted by molar-refractivity contribution is 0.280. The van der Waals surface area contributed by atoms with Crippen LogP contribution in [0, 0.1) is 0 Å². The average molecular weight is 152 g/mol. The molecule has 60 valence electrons. The normalized spacial score (nSPS) is 10.0. The van der Waals surface area contributed by atoms with Crippen molar-refractivity contribution < 1.29 is 5.11 Å². The predicted molar refractivity (Wildman–Crippen MR) is 41.9 cm³/mol. The van der Waals surface area contributed by atoms with Gasteiger partial charge in [0.15, 0.2) is 0 Å². The fourth-order valence-electron chi connectivity index (χ4n) is 0.816. The highest BCUT2D eigenvalue weighted by Gasteiger charge is 1.94. The molecule has 3 nitrogen and oxygen atoms in total. The second kappa shape index (κ2) is 4.03. The molecule has 0 bridgehead atoms. The minimum absolute atomic E-state index is 0.0202. The zero-order valence-corrected chi connectivity index (χ0v) is 6.62. The van der Waals surface area contributed by atoms with Crippen LogP contribution in [0.4, 0.5) is 0 Å². The van der Waals surface area contributed by atoms with Crippen LogP contribution < -0.4 is 0 Å². The second-order valence-electron chi connectivity index (χ2n) is 2.42. The molecule has 1 rings (SSSR count). The van der Waals surface area contributed by atoms with Crippen LogP contribution in [0.5, 0.6) is 0 Å². The van der Waals surface area contributed by atoms with E-state index in [9.17, 15) is 0 Å². The average Bonchev–Trinajstić information content (AvgIpc) is 2.07. The number of aliphatic hydroxyl groups excluding tert-OH is 1. The highest BCUT2D eigenvalue weighted by atomic mass is 16.3. The molecule has 0 aliphatic heterocycles. The first-order chi connectivity index (χ1) is 5.36. The van der Waals surface area contributed by atoms with Gasteiger partial charge in [-0.1, -0.05) is 6.92 Å². The molecule has 3 heteroatoms. The van der Waals surface area contributed by atoms with Gasteiger partial charge >= 0.3 is 0 Å². The van der Waals surface area contributed by atoms with E-state index in [4.69, 9.17) is 5.11 Å². The van der Waals surface area contributed by atoms with E-state index in [-0.39, 0.29) is 6.61 Å². The summed E-state index contributed by atoms with van der Waals surface area (Å²) in [6, 6.07) is 0. The molecule has 0 unspecified atom stereocenters. The first-order valence-electron chi connectivity index (χ1n) is 3.77. The van der Waals surface area contributed by atoms with Crippen LogP contribution in [0.2, 0.25) is 0 Å². The molecule has 0 saturated heterocycles. The SMILES string of the molecule is CCCc1ncc(CO)cn1. The third kappa shape index (κ3) is 2.27. The number of rotatable bonds is 3. The second-order valence-corrected chi connectivity index (χ2v) is 2.42. The Morgan fingerprint density at radius 1 is 1.36 bits per heavy atom. The minimum atomic E-state index is 0.0202. The van der Waals surface area contributed by atoms with Crippen LogP contribution in [-0.4, -0.2) is 15.1 Å². The van der Waals surface area contributed by atoms with Gasteiger partial charge in [0, 0.05) is 24.4 Å². The summed E-state index contributed by atoms with van der Waals surface area (Å²) < 4.78 is 0. The Balaban J connectivity index is 2.66. The zero-order valence-electron chi connectivity index (χ0n) is 6.62.